The van der Waals surface area contributed by atoms with Crippen LogP contribution in [0.25, 0.3) is 0 Å². The maximum Gasteiger partial charge on any atom is 0.225 e. The largest absolute Gasteiger partial charge is 0.478 e. The molecule has 0 saturated carbocycles. The number of hydrogen-bond acceptors (Lipinski definition) is 4. The molecule has 1 N–H and O–H groups in total. The standard InChI is InChI=1S/C9H14ClN3O/c1-2-14-8-4-7-12-9(13-8)11-6-3-5-10/h4,7H,2-3,5-6H2,1H3,(H,11,12,13). The maximum atomic E-state index is 5.54. The summed E-state index contributed by atoms with van der Waals surface area (Å²) in [4.78, 5) is 8.19. The average molecular weight is 216 g/mol. The molecule has 0 atom stereocenters. The third-order valence-corrected chi connectivity index (χ3v) is 1.78. The summed E-state index contributed by atoms with van der Waals surface area (Å²) < 4.78 is 5.24. The molecule has 0 saturated heterocycles. The summed E-state index contributed by atoms with van der Waals surface area (Å²) in [6.07, 6.45) is 2.56. The zero-order valence-corrected chi connectivity index (χ0v) is 8.92. The van der Waals surface area contributed by atoms with E-state index in [0.717, 1.165) is 13.0 Å². The van der Waals surface area contributed by atoms with Gasteiger partial charge in [0.2, 0.25) is 11.8 Å². The Hall–Kier alpha value is -1.03. The molecule has 0 aliphatic carbocycles. The molecule has 0 amide bonds. The van der Waals surface area contributed by atoms with E-state index in [2.05, 4.69) is 15.3 Å². The molecule has 1 rings (SSSR count). The van der Waals surface area contributed by atoms with E-state index in [1.54, 1.807) is 12.3 Å². The number of rotatable bonds is 6. The fourth-order valence-corrected chi connectivity index (χ4v) is 1.06. The van der Waals surface area contributed by atoms with E-state index in [-0.39, 0.29) is 0 Å². The highest BCUT2D eigenvalue weighted by molar-refractivity contribution is 6.17. The predicted molar refractivity (Wildman–Crippen MR) is 57.0 cm³/mol. The van der Waals surface area contributed by atoms with Crippen molar-refractivity contribution in [1.29, 1.82) is 0 Å². The average Bonchev–Trinajstić information content (AvgIpc) is 2.19. The molecule has 0 aliphatic heterocycles. The van der Waals surface area contributed by atoms with E-state index < -0.39 is 0 Å². The Morgan fingerprint density at radius 1 is 1.57 bits per heavy atom. The third kappa shape index (κ3) is 3.79. The summed E-state index contributed by atoms with van der Waals surface area (Å²) in [5, 5.41) is 3.06. The van der Waals surface area contributed by atoms with E-state index in [9.17, 15) is 0 Å². The first-order valence-corrected chi connectivity index (χ1v) is 5.16. The van der Waals surface area contributed by atoms with Gasteiger partial charge in [0.1, 0.15) is 0 Å². The number of nitrogens with one attached hydrogen (secondary N) is 1. The van der Waals surface area contributed by atoms with E-state index >= 15 is 0 Å². The Bertz CT molecular complexity index is 270. The molecule has 1 aromatic rings. The van der Waals surface area contributed by atoms with Crippen molar-refractivity contribution in [2.24, 2.45) is 0 Å². The highest BCUT2D eigenvalue weighted by atomic mass is 35.5. The van der Waals surface area contributed by atoms with Crippen LogP contribution in [0.4, 0.5) is 5.95 Å². The van der Waals surface area contributed by atoms with Gasteiger partial charge in [0.15, 0.2) is 0 Å². The second-order valence-corrected chi connectivity index (χ2v) is 3.00. The first-order chi connectivity index (χ1) is 6.86. The van der Waals surface area contributed by atoms with Gasteiger partial charge in [0.05, 0.1) is 6.61 Å². The van der Waals surface area contributed by atoms with Gasteiger partial charge in [-0.05, 0) is 13.3 Å². The van der Waals surface area contributed by atoms with Gasteiger partial charge < -0.3 is 10.1 Å². The number of ether oxygens (including phenoxy) is 1. The molecule has 4 nitrogen and oxygen atoms in total. The van der Waals surface area contributed by atoms with E-state index in [1.807, 2.05) is 6.92 Å². The number of aromatic nitrogens is 2. The summed E-state index contributed by atoms with van der Waals surface area (Å²) in [6.45, 7) is 3.31. The molecule has 0 bridgehead atoms. The number of anilines is 1. The van der Waals surface area contributed by atoms with Crippen molar-refractivity contribution in [1.82, 2.24) is 9.97 Å². The first-order valence-electron chi connectivity index (χ1n) is 4.62. The smallest absolute Gasteiger partial charge is 0.225 e. The van der Waals surface area contributed by atoms with E-state index in [0.29, 0.717) is 24.3 Å². The molecular weight excluding hydrogens is 202 g/mol. The Morgan fingerprint density at radius 2 is 2.43 bits per heavy atom. The van der Waals surface area contributed by atoms with Gasteiger partial charge in [0, 0.05) is 24.7 Å². The van der Waals surface area contributed by atoms with Crippen LogP contribution in [0.1, 0.15) is 13.3 Å². The van der Waals surface area contributed by atoms with Gasteiger partial charge in [-0.2, -0.15) is 4.98 Å². The molecular formula is C9H14ClN3O. The van der Waals surface area contributed by atoms with Gasteiger partial charge in [-0.15, -0.1) is 11.6 Å². The van der Waals surface area contributed by atoms with Crippen molar-refractivity contribution < 1.29 is 4.74 Å². The number of halogens is 1. The summed E-state index contributed by atoms with van der Waals surface area (Å²) in [5.41, 5.74) is 0. The Kier molecular flexibility index (Phi) is 5.07. The number of alkyl halides is 1. The second kappa shape index (κ2) is 6.43. The van der Waals surface area contributed by atoms with Crippen LogP contribution >= 0.6 is 11.6 Å². The van der Waals surface area contributed by atoms with Crippen molar-refractivity contribution in [2.75, 3.05) is 24.3 Å². The highest BCUT2D eigenvalue weighted by Crippen LogP contribution is 2.07. The van der Waals surface area contributed by atoms with Gasteiger partial charge >= 0.3 is 0 Å². The Balaban J connectivity index is 2.46. The third-order valence-electron chi connectivity index (χ3n) is 1.52. The topological polar surface area (TPSA) is 47.0 Å². The SMILES string of the molecule is CCOc1ccnc(NCCCCl)n1. The molecule has 0 aromatic carbocycles. The fraction of sp³-hybridized carbons (Fsp3) is 0.556. The van der Waals surface area contributed by atoms with Crippen molar-refractivity contribution in [3.05, 3.63) is 12.3 Å². The van der Waals surface area contributed by atoms with Crippen LogP contribution in [-0.4, -0.2) is 29.0 Å². The lowest BCUT2D eigenvalue weighted by molar-refractivity contribution is 0.326. The normalized spacial score (nSPS) is 9.86. The summed E-state index contributed by atoms with van der Waals surface area (Å²) in [5.74, 6) is 1.81. The molecule has 0 aliphatic rings. The van der Waals surface area contributed by atoms with Crippen molar-refractivity contribution in [2.45, 2.75) is 13.3 Å². The quantitative estimate of drug-likeness (QED) is 0.582. The van der Waals surface area contributed by atoms with Crippen molar-refractivity contribution in [3.8, 4) is 5.88 Å². The van der Waals surface area contributed by atoms with Crippen molar-refractivity contribution in [3.63, 3.8) is 0 Å². The minimum atomic E-state index is 0.584. The van der Waals surface area contributed by atoms with Crippen LogP contribution < -0.4 is 10.1 Å². The molecule has 0 fully saturated rings. The summed E-state index contributed by atoms with van der Waals surface area (Å²) >= 11 is 5.54. The van der Waals surface area contributed by atoms with Gasteiger partial charge in [-0.25, -0.2) is 4.98 Å². The zero-order valence-electron chi connectivity index (χ0n) is 8.16. The van der Waals surface area contributed by atoms with Crippen LogP contribution in [0, 0.1) is 0 Å². The lowest BCUT2D eigenvalue weighted by Crippen LogP contribution is -2.06. The lowest BCUT2D eigenvalue weighted by atomic mass is 10.5. The van der Waals surface area contributed by atoms with Crippen LogP contribution in [-0.2, 0) is 0 Å². The molecule has 0 unspecified atom stereocenters. The Labute approximate surface area is 88.7 Å². The van der Waals surface area contributed by atoms with Crippen LogP contribution in [0.3, 0.4) is 0 Å². The zero-order chi connectivity index (χ0) is 10.2. The monoisotopic (exact) mass is 215 g/mol. The number of hydrogen-bond donors (Lipinski definition) is 1. The fourth-order valence-electron chi connectivity index (χ4n) is 0.923. The van der Waals surface area contributed by atoms with Crippen molar-refractivity contribution >= 4 is 17.5 Å². The van der Waals surface area contributed by atoms with Crippen LogP contribution in [0.2, 0.25) is 0 Å². The number of nitrogens with zero attached hydrogens (tertiary/aromatic N) is 2. The van der Waals surface area contributed by atoms with Gasteiger partial charge in [-0.3, -0.25) is 0 Å². The molecule has 14 heavy (non-hydrogen) atoms. The lowest BCUT2D eigenvalue weighted by Gasteiger charge is -2.05. The van der Waals surface area contributed by atoms with Crippen LogP contribution in [0.15, 0.2) is 12.3 Å². The molecule has 0 spiro atoms. The summed E-state index contributed by atoms with van der Waals surface area (Å²) in [6, 6.07) is 1.73. The maximum absolute atomic E-state index is 5.54. The molecule has 5 heteroatoms. The molecule has 1 aromatic heterocycles. The molecule has 0 radical (unpaired) electrons. The Morgan fingerprint density at radius 3 is 3.14 bits per heavy atom. The first kappa shape index (κ1) is 11.0. The minimum absolute atomic E-state index is 0.584. The minimum Gasteiger partial charge on any atom is -0.478 e. The van der Waals surface area contributed by atoms with Crippen LogP contribution in [0.5, 0.6) is 5.88 Å². The van der Waals surface area contributed by atoms with Gasteiger partial charge in [0.25, 0.3) is 0 Å². The molecule has 78 valence electrons. The predicted octanol–water partition coefficient (Wildman–Crippen LogP) is 1.92. The second-order valence-electron chi connectivity index (χ2n) is 2.62. The van der Waals surface area contributed by atoms with Gasteiger partial charge in [-0.1, -0.05) is 0 Å². The van der Waals surface area contributed by atoms with E-state index in [1.165, 1.54) is 0 Å². The summed E-state index contributed by atoms with van der Waals surface area (Å²) in [7, 11) is 0. The van der Waals surface area contributed by atoms with E-state index in [4.69, 9.17) is 16.3 Å². The molecule has 1 heterocycles. The highest BCUT2D eigenvalue weighted by Gasteiger charge is 1.97.